The van der Waals surface area contributed by atoms with Crippen LogP contribution in [0.5, 0.6) is 0 Å². The van der Waals surface area contributed by atoms with Crippen molar-refractivity contribution >= 4 is 35.1 Å². The number of nitriles is 1. The number of hydrogen-bond donors (Lipinski definition) is 4. The maximum absolute atomic E-state index is 11.7. The van der Waals surface area contributed by atoms with E-state index in [9.17, 15) is 19.7 Å². The Morgan fingerprint density at radius 2 is 2.04 bits per heavy atom. The predicted molar refractivity (Wildman–Crippen MR) is 75.9 cm³/mol. The number of nitrogens with one attached hydrogen (secondary N) is 3. The van der Waals surface area contributed by atoms with E-state index in [0.717, 1.165) is 18.2 Å². The number of hydrogen-bond acceptors (Lipinski definition) is 8. The second-order valence-electron chi connectivity index (χ2n) is 4.05. The van der Waals surface area contributed by atoms with E-state index in [1.54, 1.807) is 6.07 Å². The zero-order valence-corrected chi connectivity index (χ0v) is 11.2. The molecular formula is C11H8N8O4. The molecule has 0 atom stereocenters. The highest BCUT2D eigenvalue weighted by atomic mass is 16.6. The van der Waals surface area contributed by atoms with Gasteiger partial charge >= 0.3 is 11.8 Å². The maximum atomic E-state index is 11.7. The first-order valence-electron chi connectivity index (χ1n) is 5.89. The van der Waals surface area contributed by atoms with Crippen LogP contribution in [0.25, 0.3) is 0 Å². The largest absolute Gasteiger partial charge is 0.368 e. The lowest BCUT2D eigenvalue weighted by molar-refractivity contribution is -0.384. The summed E-state index contributed by atoms with van der Waals surface area (Å²) >= 11 is 0. The number of anilines is 3. The number of nitrogens with two attached hydrogens (primary N) is 1. The Balaban J connectivity index is 2.12. The van der Waals surface area contributed by atoms with Gasteiger partial charge in [0.15, 0.2) is 0 Å². The standard InChI is InChI=1S/C11H8N8O4/c12-4-5-3-6(19(22)23)1-2-7(5)14-8(20)9(21)15-11-16-10(13)17-18-11/h1-3H,(H,14,20)(H4,13,15,16,17,18,21). The molecule has 0 radical (unpaired) electrons. The number of carbonyl (C=O) groups is 2. The molecule has 12 heteroatoms. The van der Waals surface area contributed by atoms with Crippen molar-refractivity contribution in [2.45, 2.75) is 0 Å². The number of nitro groups is 1. The van der Waals surface area contributed by atoms with Crippen molar-refractivity contribution in [2.24, 2.45) is 0 Å². The Morgan fingerprint density at radius 1 is 1.35 bits per heavy atom. The van der Waals surface area contributed by atoms with Crippen LogP contribution in [0.15, 0.2) is 18.2 Å². The Hall–Kier alpha value is -4.01. The minimum atomic E-state index is -1.11. The van der Waals surface area contributed by atoms with E-state index in [-0.39, 0.29) is 28.8 Å². The van der Waals surface area contributed by atoms with E-state index in [1.807, 2.05) is 0 Å². The Labute approximate surface area is 127 Å². The summed E-state index contributed by atoms with van der Waals surface area (Å²) in [6.07, 6.45) is 0. The minimum Gasteiger partial charge on any atom is -0.368 e. The van der Waals surface area contributed by atoms with E-state index in [1.165, 1.54) is 0 Å². The molecule has 12 nitrogen and oxygen atoms in total. The summed E-state index contributed by atoms with van der Waals surface area (Å²) in [6.45, 7) is 0. The molecule has 0 saturated heterocycles. The fourth-order valence-corrected chi connectivity index (χ4v) is 1.51. The highest BCUT2D eigenvalue weighted by Gasteiger charge is 2.19. The number of nitro benzene ring substituents is 1. The van der Waals surface area contributed by atoms with Gasteiger partial charge in [-0.1, -0.05) is 0 Å². The monoisotopic (exact) mass is 316 g/mol. The quantitative estimate of drug-likeness (QED) is 0.338. The number of H-pyrrole nitrogens is 1. The number of aromatic nitrogens is 3. The number of carbonyl (C=O) groups excluding carboxylic acids is 2. The summed E-state index contributed by atoms with van der Waals surface area (Å²) in [5.41, 5.74) is 4.73. The minimum absolute atomic E-state index is 0.0484. The van der Waals surface area contributed by atoms with Crippen molar-refractivity contribution in [3.8, 4) is 6.07 Å². The third kappa shape index (κ3) is 3.55. The lowest BCUT2D eigenvalue weighted by Gasteiger charge is -2.06. The second-order valence-corrected chi connectivity index (χ2v) is 4.05. The Bertz CT molecular complexity index is 837. The molecule has 0 aliphatic rings. The molecule has 0 fully saturated rings. The van der Waals surface area contributed by atoms with Crippen molar-refractivity contribution in [3.63, 3.8) is 0 Å². The molecule has 0 aliphatic carbocycles. The molecule has 2 aromatic rings. The van der Waals surface area contributed by atoms with Gasteiger partial charge in [-0.3, -0.25) is 25.0 Å². The number of benzene rings is 1. The average Bonchev–Trinajstić information content (AvgIpc) is 2.92. The molecule has 0 aliphatic heterocycles. The van der Waals surface area contributed by atoms with Crippen LogP contribution in [0.4, 0.5) is 23.3 Å². The Kier molecular flexibility index (Phi) is 4.13. The summed E-state index contributed by atoms with van der Waals surface area (Å²) in [5.74, 6) is -2.47. The van der Waals surface area contributed by atoms with E-state index in [2.05, 4.69) is 25.8 Å². The van der Waals surface area contributed by atoms with Gasteiger partial charge in [-0.05, 0) is 6.07 Å². The molecule has 0 bridgehead atoms. The van der Waals surface area contributed by atoms with Gasteiger partial charge in [-0.15, -0.1) is 5.10 Å². The molecule has 23 heavy (non-hydrogen) atoms. The van der Waals surface area contributed by atoms with Gasteiger partial charge in [-0.2, -0.15) is 10.2 Å². The molecule has 0 unspecified atom stereocenters. The van der Waals surface area contributed by atoms with Gasteiger partial charge in [0.25, 0.3) is 11.6 Å². The van der Waals surface area contributed by atoms with Gasteiger partial charge < -0.3 is 11.1 Å². The highest BCUT2D eigenvalue weighted by Crippen LogP contribution is 2.21. The first-order chi connectivity index (χ1) is 10.9. The van der Waals surface area contributed by atoms with Crippen molar-refractivity contribution < 1.29 is 14.5 Å². The van der Waals surface area contributed by atoms with Gasteiger partial charge in [-0.25, -0.2) is 5.10 Å². The summed E-state index contributed by atoms with van der Waals surface area (Å²) in [5, 5.41) is 29.6. The zero-order chi connectivity index (χ0) is 17.0. The summed E-state index contributed by atoms with van der Waals surface area (Å²) in [4.78, 5) is 36.9. The Morgan fingerprint density at radius 3 is 2.61 bits per heavy atom. The molecule has 2 rings (SSSR count). The van der Waals surface area contributed by atoms with E-state index in [4.69, 9.17) is 11.0 Å². The third-order valence-electron chi connectivity index (χ3n) is 2.52. The van der Waals surface area contributed by atoms with E-state index < -0.39 is 16.7 Å². The molecule has 0 saturated carbocycles. The molecule has 1 heterocycles. The van der Waals surface area contributed by atoms with Crippen molar-refractivity contribution in [1.82, 2.24) is 15.2 Å². The first-order valence-corrected chi connectivity index (χ1v) is 5.89. The van der Waals surface area contributed by atoms with Crippen LogP contribution in [-0.4, -0.2) is 31.9 Å². The third-order valence-corrected chi connectivity index (χ3v) is 2.52. The maximum Gasteiger partial charge on any atom is 0.316 e. The van der Waals surface area contributed by atoms with Gasteiger partial charge in [0.2, 0.25) is 5.95 Å². The number of non-ortho nitro benzene ring substituents is 1. The van der Waals surface area contributed by atoms with Gasteiger partial charge in [0, 0.05) is 12.1 Å². The number of rotatable bonds is 3. The van der Waals surface area contributed by atoms with Crippen LogP contribution in [-0.2, 0) is 9.59 Å². The van der Waals surface area contributed by atoms with Gasteiger partial charge in [0.1, 0.15) is 6.07 Å². The van der Waals surface area contributed by atoms with Crippen molar-refractivity contribution in [3.05, 3.63) is 33.9 Å². The molecule has 116 valence electrons. The molecule has 1 aromatic carbocycles. The molecule has 5 N–H and O–H groups in total. The number of aromatic amines is 1. The number of nitrogens with zero attached hydrogens (tertiary/aromatic N) is 4. The molecular weight excluding hydrogens is 308 g/mol. The molecule has 0 spiro atoms. The van der Waals surface area contributed by atoms with Crippen molar-refractivity contribution in [1.29, 1.82) is 5.26 Å². The molecule has 1 aromatic heterocycles. The first kappa shape index (κ1) is 15.4. The fraction of sp³-hybridized carbons (Fsp3) is 0. The van der Waals surface area contributed by atoms with Crippen LogP contribution >= 0.6 is 0 Å². The topological polar surface area (TPSA) is 193 Å². The summed E-state index contributed by atoms with van der Waals surface area (Å²) < 4.78 is 0. The smallest absolute Gasteiger partial charge is 0.316 e. The van der Waals surface area contributed by atoms with Crippen LogP contribution in [0.1, 0.15) is 5.56 Å². The zero-order valence-electron chi connectivity index (χ0n) is 11.2. The lowest BCUT2D eigenvalue weighted by atomic mass is 10.1. The van der Waals surface area contributed by atoms with Crippen LogP contribution in [0.3, 0.4) is 0 Å². The number of nitrogen functional groups attached to an aromatic ring is 1. The predicted octanol–water partition coefficient (Wildman–Crippen LogP) is -0.256. The lowest BCUT2D eigenvalue weighted by Crippen LogP contribution is -2.29. The van der Waals surface area contributed by atoms with Crippen LogP contribution < -0.4 is 16.4 Å². The SMILES string of the molecule is N#Cc1cc([N+](=O)[O-])ccc1NC(=O)C(=O)Nc1n[nH]c(N)n1. The van der Waals surface area contributed by atoms with Gasteiger partial charge in [0.05, 0.1) is 16.2 Å². The van der Waals surface area contributed by atoms with E-state index >= 15 is 0 Å². The van der Waals surface area contributed by atoms with E-state index in [0.29, 0.717) is 0 Å². The van der Waals surface area contributed by atoms with Crippen LogP contribution in [0.2, 0.25) is 0 Å². The van der Waals surface area contributed by atoms with Crippen LogP contribution in [0, 0.1) is 21.4 Å². The average molecular weight is 316 g/mol. The second kappa shape index (κ2) is 6.18. The summed E-state index contributed by atoms with van der Waals surface area (Å²) in [6, 6.07) is 4.90. The highest BCUT2D eigenvalue weighted by molar-refractivity contribution is 6.43. The fourth-order valence-electron chi connectivity index (χ4n) is 1.51. The molecule has 2 amide bonds. The number of amides is 2. The summed E-state index contributed by atoms with van der Waals surface area (Å²) in [7, 11) is 0. The normalized spacial score (nSPS) is 9.70. The van der Waals surface area contributed by atoms with Crippen molar-refractivity contribution in [2.75, 3.05) is 16.4 Å².